The maximum atomic E-state index is 14.1. The number of amides is 3. The standard InChI is InChI=1S/C32H21BrClFN4O3S/c33-20-16-23(29(34)36-17-20)30(40)37-21-11-9-18(10-12-21)32(42)39-14-13-19-15-27(31(41)38-25-7-3-2-6-24(25)35)43-28(19)22-5-1-4-8-26(22)39/h1-12,15-17H,13-14H2,(H,37,40)(H,38,41). The molecule has 3 amide bonds. The summed E-state index contributed by atoms with van der Waals surface area (Å²) in [4.78, 5) is 46.5. The molecular weight excluding hydrogens is 655 g/mol. The summed E-state index contributed by atoms with van der Waals surface area (Å²) in [5, 5.41) is 5.51. The summed E-state index contributed by atoms with van der Waals surface area (Å²) in [6.07, 6.45) is 2.03. The summed E-state index contributed by atoms with van der Waals surface area (Å²) in [6.45, 7) is 0.390. The summed E-state index contributed by atoms with van der Waals surface area (Å²) < 4.78 is 14.7. The van der Waals surface area contributed by atoms with Crippen molar-refractivity contribution in [2.24, 2.45) is 0 Å². The van der Waals surface area contributed by atoms with Crippen molar-refractivity contribution in [3.63, 3.8) is 0 Å². The lowest BCUT2D eigenvalue weighted by molar-refractivity contribution is 0.0985. The highest BCUT2D eigenvalue weighted by Crippen LogP contribution is 2.42. The van der Waals surface area contributed by atoms with E-state index in [9.17, 15) is 18.8 Å². The van der Waals surface area contributed by atoms with Crippen LogP contribution in [0.15, 0.2) is 95.6 Å². The maximum absolute atomic E-state index is 14.1. The van der Waals surface area contributed by atoms with Crippen molar-refractivity contribution in [3.8, 4) is 10.4 Å². The number of thiophene rings is 1. The minimum absolute atomic E-state index is 0.0821. The molecule has 0 radical (unpaired) electrons. The van der Waals surface area contributed by atoms with Gasteiger partial charge in [0.05, 0.1) is 21.8 Å². The fourth-order valence-electron chi connectivity index (χ4n) is 4.80. The summed E-state index contributed by atoms with van der Waals surface area (Å²) >= 11 is 10.7. The van der Waals surface area contributed by atoms with Gasteiger partial charge in [0.25, 0.3) is 17.7 Å². The number of nitrogens with zero attached hydrogens (tertiary/aromatic N) is 2. The van der Waals surface area contributed by atoms with Gasteiger partial charge in [-0.2, -0.15) is 0 Å². The predicted octanol–water partition coefficient (Wildman–Crippen LogP) is 8.07. The molecule has 11 heteroatoms. The van der Waals surface area contributed by atoms with Crippen molar-refractivity contribution in [1.29, 1.82) is 0 Å². The summed E-state index contributed by atoms with van der Waals surface area (Å²) in [7, 11) is 0. The first kappa shape index (κ1) is 28.7. The Hall–Kier alpha value is -4.38. The number of anilines is 3. The van der Waals surface area contributed by atoms with Crippen LogP contribution in [-0.4, -0.2) is 29.3 Å². The first-order valence-corrected chi connectivity index (χ1v) is 15.1. The molecule has 0 spiro atoms. The average molecular weight is 676 g/mol. The number of hydrogen-bond donors (Lipinski definition) is 2. The van der Waals surface area contributed by atoms with E-state index in [1.54, 1.807) is 47.4 Å². The molecule has 1 aliphatic rings. The van der Waals surface area contributed by atoms with Crippen LogP contribution >= 0.6 is 38.9 Å². The Bertz CT molecular complexity index is 1900. The van der Waals surface area contributed by atoms with Gasteiger partial charge in [-0.05, 0) is 82.5 Å². The van der Waals surface area contributed by atoms with E-state index in [4.69, 9.17) is 11.6 Å². The minimum atomic E-state index is -0.505. The Morgan fingerprint density at radius 1 is 0.930 bits per heavy atom. The van der Waals surface area contributed by atoms with Gasteiger partial charge in [0.15, 0.2) is 0 Å². The van der Waals surface area contributed by atoms with E-state index in [2.05, 4.69) is 31.5 Å². The molecule has 0 saturated heterocycles. The molecular formula is C32H21BrClFN4O3S. The number of carbonyl (C=O) groups excluding carboxylic acids is 3. The van der Waals surface area contributed by atoms with Crippen LogP contribution in [0.5, 0.6) is 0 Å². The molecule has 7 nitrogen and oxygen atoms in total. The molecule has 43 heavy (non-hydrogen) atoms. The number of halogens is 3. The van der Waals surface area contributed by atoms with Crippen LogP contribution in [0.1, 0.15) is 36.0 Å². The van der Waals surface area contributed by atoms with Crippen molar-refractivity contribution >= 4 is 73.7 Å². The summed E-state index contributed by atoms with van der Waals surface area (Å²) in [6, 6.07) is 23.6. The van der Waals surface area contributed by atoms with Crippen LogP contribution in [0, 0.1) is 5.82 Å². The number of hydrogen-bond acceptors (Lipinski definition) is 5. The van der Waals surface area contributed by atoms with E-state index in [1.165, 1.54) is 29.7 Å². The molecule has 6 rings (SSSR count). The second-order valence-electron chi connectivity index (χ2n) is 9.65. The third kappa shape index (κ3) is 5.94. The lowest BCUT2D eigenvalue weighted by atomic mass is 10.1. The Labute approximate surface area is 263 Å². The Kier molecular flexibility index (Phi) is 8.07. The van der Waals surface area contributed by atoms with Crippen molar-refractivity contribution in [1.82, 2.24) is 4.98 Å². The third-order valence-electron chi connectivity index (χ3n) is 6.88. The third-order valence-corrected chi connectivity index (χ3v) is 8.83. The number of carbonyl (C=O) groups is 3. The van der Waals surface area contributed by atoms with Gasteiger partial charge >= 0.3 is 0 Å². The smallest absolute Gasteiger partial charge is 0.265 e. The van der Waals surface area contributed by atoms with E-state index >= 15 is 0 Å². The van der Waals surface area contributed by atoms with Gasteiger partial charge in [0.1, 0.15) is 11.0 Å². The normalized spacial score (nSPS) is 12.1. The number of para-hydroxylation sites is 2. The molecule has 3 aromatic carbocycles. The Morgan fingerprint density at radius 3 is 2.47 bits per heavy atom. The van der Waals surface area contributed by atoms with Crippen LogP contribution in [0.2, 0.25) is 5.15 Å². The quantitative estimate of drug-likeness (QED) is 0.184. The molecule has 3 heterocycles. The van der Waals surface area contributed by atoms with Crippen LogP contribution in [0.25, 0.3) is 10.4 Å². The molecule has 0 unspecified atom stereocenters. The second-order valence-corrected chi connectivity index (χ2v) is 12.0. The van der Waals surface area contributed by atoms with Crippen molar-refractivity contribution in [3.05, 3.63) is 128 Å². The molecule has 0 bridgehead atoms. The van der Waals surface area contributed by atoms with Crippen LogP contribution in [0.4, 0.5) is 21.5 Å². The molecule has 5 aromatic rings. The van der Waals surface area contributed by atoms with Gasteiger partial charge in [-0.25, -0.2) is 9.37 Å². The zero-order valence-electron chi connectivity index (χ0n) is 22.2. The zero-order chi connectivity index (χ0) is 30.1. The number of fused-ring (bicyclic) bond motifs is 3. The lowest BCUT2D eigenvalue weighted by Crippen LogP contribution is -2.32. The van der Waals surface area contributed by atoms with E-state index in [0.29, 0.717) is 33.6 Å². The average Bonchev–Trinajstić information content (AvgIpc) is 3.38. The first-order valence-electron chi connectivity index (χ1n) is 13.1. The molecule has 0 saturated carbocycles. The van der Waals surface area contributed by atoms with Gasteiger partial charge in [-0.3, -0.25) is 14.4 Å². The Morgan fingerprint density at radius 2 is 1.67 bits per heavy atom. The maximum Gasteiger partial charge on any atom is 0.265 e. The molecule has 2 N–H and O–H groups in total. The van der Waals surface area contributed by atoms with Gasteiger partial charge in [0, 0.05) is 38.9 Å². The first-order chi connectivity index (χ1) is 20.8. The number of nitrogens with one attached hydrogen (secondary N) is 2. The van der Waals surface area contributed by atoms with Gasteiger partial charge < -0.3 is 15.5 Å². The zero-order valence-corrected chi connectivity index (χ0v) is 25.4. The van der Waals surface area contributed by atoms with Crippen LogP contribution in [0.3, 0.4) is 0 Å². The minimum Gasteiger partial charge on any atom is -0.322 e. The van der Waals surface area contributed by atoms with E-state index in [1.807, 2.05) is 30.3 Å². The monoisotopic (exact) mass is 674 g/mol. The lowest BCUT2D eigenvalue weighted by Gasteiger charge is -2.23. The molecule has 2 aromatic heterocycles. The van der Waals surface area contributed by atoms with E-state index in [0.717, 1.165) is 21.7 Å². The number of rotatable bonds is 5. The number of benzene rings is 3. The number of pyridine rings is 1. The largest absolute Gasteiger partial charge is 0.322 e. The van der Waals surface area contributed by atoms with Crippen molar-refractivity contribution in [2.45, 2.75) is 6.42 Å². The molecule has 214 valence electrons. The predicted molar refractivity (Wildman–Crippen MR) is 171 cm³/mol. The summed E-state index contributed by atoms with van der Waals surface area (Å²) in [5.74, 6) is -1.51. The van der Waals surface area contributed by atoms with Gasteiger partial charge in [0.2, 0.25) is 0 Å². The molecule has 1 aliphatic heterocycles. The summed E-state index contributed by atoms with van der Waals surface area (Å²) in [5.41, 5.74) is 3.78. The highest BCUT2D eigenvalue weighted by molar-refractivity contribution is 9.10. The van der Waals surface area contributed by atoms with Crippen molar-refractivity contribution < 1.29 is 18.8 Å². The molecule has 0 fully saturated rings. The van der Waals surface area contributed by atoms with Gasteiger partial charge in [-0.1, -0.05) is 41.9 Å². The highest BCUT2D eigenvalue weighted by Gasteiger charge is 2.28. The fourth-order valence-corrected chi connectivity index (χ4v) is 6.46. The van der Waals surface area contributed by atoms with Crippen LogP contribution < -0.4 is 15.5 Å². The SMILES string of the molecule is O=C(Nc1ccccc1F)c1cc2c(s1)-c1ccccc1N(C(=O)c1ccc(NC(=O)c3cc(Br)cnc3Cl)cc1)CC2. The van der Waals surface area contributed by atoms with Crippen LogP contribution in [-0.2, 0) is 6.42 Å². The fraction of sp³-hybridized carbons (Fsp3) is 0.0625. The van der Waals surface area contributed by atoms with Crippen molar-refractivity contribution in [2.75, 3.05) is 22.1 Å². The Balaban J connectivity index is 1.22. The molecule has 0 aliphatic carbocycles. The highest BCUT2D eigenvalue weighted by atomic mass is 79.9. The van der Waals surface area contributed by atoms with E-state index in [-0.39, 0.29) is 28.2 Å². The topological polar surface area (TPSA) is 91.4 Å². The van der Waals surface area contributed by atoms with E-state index < -0.39 is 11.7 Å². The molecule has 0 atom stereocenters. The van der Waals surface area contributed by atoms with Gasteiger partial charge in [-0.15, -0.1) is 11.3 Å². The second kappa shape index (κ2) is 12.1. The number of aromatic nitrogens is 1.